The predicted octanol–water partition coefficient (Wildman–Crippen LogP) is 2.65. The third-order valence-corrected chi connectivity index (χ3v) is 4.26. The van der Waals surface area contributed by atoms with Crippen LogP contribution in [0.1, 0.15) is 23.0 Å². The van der Waals surface area contributed by atoms with Gasteiger partial charge in [-0.05, 0) is 24.0 Å². The fraction of sp³-hybridized carbons (Fsp3) is 0.286. The van der Waals surface area contributed by atoms with Crippen LogP contribution in [-0.2, 0) is 0 Å². The van der Waals surface area contributed by atoms with Gasteiger partial charge in [0.25, 0.3) is 0 Å². The van der Waals surface area contributed by atoms with E-state index < -0.39 is 0 Å². The molecule has 5 rings (SSSR count). The summed E-state index contributed by atoms with van der Waals surface area (Å²) in [6.07, 6.45) is 8.80. The molecule has 0 heterocycles. The molecule has 0 radical (unpaired) electrons. The Hall–Kier alpha value is -1.70. The Morgan fingerprint density at radius 1 is 0.688 bits per heavy atom. The monoisotopic (exact) mass is 212 g/mol. The Morgan fingerprint density at radius 2 is 1.12 bits per heavy atom. The van der Waals surface area contributed by atoms with Crippen LogP contribution in [0.15, 0.2) is 36.4 Å². The van der Waals surface area contributed by atoms with E-state index in [9.17, 15) is 10.2 Å². The van der Waals surface area contributed by atoms with Gasteiger partial charge in [-0.2, -0.15) is 0 Å². The molecule has 1 aromatic rings. The lowest BCUT2D eigenvalue weighted by molar-refractivity contribution is 0.300. The molecule has 2 bridgehead atoms. The Morgan fingerprint density at radius 3 is 1.50 bits per heavy atom. The lowest BCUT2D eigenvalue weighted by Crippen LogP contribution is -2.37. The van der Waals surface area contributed by atoms with Gasteiger partial charge in [-0.15, -0.1) is 0 Å². The van der Waals surface area contributed by atoms with Crippen LogP contribution < -0.4 is 0 Å². The van der Waals surface area contributed by atoms with Crippen LogP contribution in [0.5, 0.6) is 11.5 Å². The fourth-order valence-corrected chi connectivity index (χ4v) is 3.47. The van der Waals surface area contributed by atoms with Crippen molar-refractivity contribution in [2.75, 3.05) is 0 Å². The van der Waals surface area contributed by atoms with Gasteiger partial charge in [0.1, 0.15) is 11.5 Å². The molecular weight excluding hydrogens is 200 g/mol. The minimum absolute atomic E-state index is 0.252. The summed E-state index contributed by atoms with van der Waals surface area (Å²) in [4.78, 5) is 0. The first-order chi connectivity index (χ1) is 7.77. The number of phenols is 2. The topological polar surface area (TPSA) is 40.5 Å². The van der Waals surface area contributed by atoms with E-state index in [1.165, 1.54) is 0 Å². The van der Waals surface area contributed by atoms with E-state index in [1.54, 1.807) is 12.1 Å². The van der Waals surface area contributed by atoms with Gasteiger partial charge >= 0.3 is 0 Å². The lowest BCUT2D eigenvalue weighted by Gasteiger charge is -2.48. The average molecular weight is 212 g/mol. The number of aromatic hydroxyl groups is 2. The van der Waals surface area contributed by atoms with E-state index in [1.807, 2.05) is 0 Å². The molecule has 4 aliphatic rings. The van der Waals surface area contributed by atoms with Gasteiger partial charge in [0, 0.05) is 23.0 Å². The van der Waals surface area contributed by atoms with E-state index >= 15 is 0 Å². The summed E-state index contributed by atoms with van der Waals surface area (Å²) < 4.78 is 0. The molecule has 0 spiro atoms. The molecule has 0 fully saturated rings. The second kappa shape index (κ2) is 2.51. The summed E-state index contributed by atoms with van der Waals surface area (Å²) in [7, 11) is 0. The molecule has 16 heavy (non-hydrogen) atoms. The van der Waals surface area contributed by atoms with Crippen molar-refractivity contribution in [1.82, 2.24) is 0 Å². The van der Waals surface area contributed by atoms with Crippen molar-refractivity contribution in [3.63, 3.8) is 0 Å². The number of hydrogen-bond donors (Lipinski definition) is 2. The van der Waals surface area contributed by atoms with Gasteiger partial charge in [-0.25, -0.2) is 0 Å². The molecule has 4 atom stereocenters. The Balaban J connectivity index is 2.04. The van der Waals surface area contributed by atoms with E-state index in [0.717, 1.165) is 11.1 Å². The van der Waals surface area contributed by atoms with Crippen LogP contribution in [-0.4, -0.2) is 10.2 Å². The average Bonchev–Trinajstić information content (AvgIpc) is 2.23. The normalized spacial score (nSPS) is 36.8. The van der Waals surface area contributed by atoms with E-state index in [0.29, 0.717) is 23.3 Å². The summed E-state index contributed by atoms with van der Waals surface area (Å²) in [6.45, 7) is 0. The van der Waals surface area contributed by atoms with Crippen LogP contribution in [0.2, 0.25) is 0 Å². The zero-order valence-corrected chi connectivity index (χ0v) is 8.67. The second-order valence-electron chi connectivity index (χ2n) is 4.91. The molecule has 2 nitrogen and oxygen atoms in total. The summed E-state index contributed by atoms with van der Waals surface area (Å²) in [5, 5.41) is 19.9. The van der Waals surface area contributed by atoms with Crippen LogP contribution >= 0.6 is 0 Å². The zero-order valence-electron chi connectivity index (χ0n) is 8.67. The van der Waals surface area contributed by atoms with Crippen molar-refractivity contribution in [2.24, 2.45) is 11.8 Å². The molecule has 2 heteroatoms. The summed E-state index contributed by atoms with van der Waals surface area (Å²) in [6, 6.07) is 3.19. The fourth-order valence-electron chi connectivity index (χ4n) is 3.47. The molecule has 4 aliphatic carbocycles. The standard InChI is InChI=1S/C14H12O2/c15-11-5-6-12(16)14-10-4-3-9(13(11)14)7-1-2-8(7)10/h1-10,15-16H. The van der Waals surface area contributed by atoms with Crippen LogP contribution in [0.4, 0.5) is 0 Å². The largest absolute Gasteiger partial charge is 0.508 e. The van der Waals surface area contributed by atoms with Gasteiger partial charge in [-0.3, -0.25) is 0 Å². The maximum atomic E-state index is 9.96. The number of rotatable bonds is 0. The Labute approximate surface area is 93.5 Å². The maximum absolute atomic E-state index is 9.96. The summed E-state index contributed by atoms with van der Waals surface area (Å²) >= 11 is 0. The molecule has 1 aromatic carbocycles. The van der Waals surface area contributed by atoms with Gasteiger partial charge in [-0.1, -0.05) is 24.3 Å². The highest BCUT2D eigenvalue weighted by molar-refractivity contribution is 5.60. The zero-order chi connectivity index (χ0) is 10.9. The predicted molar refractivity (Wildman–Crippen MR) is 60.5 cm³/mol. The minimum Gasteiger partial charge on any atom is -0.508 e. The van der Waals surface area contributed by atoms with Crippen molar-refractivity contribution >= 4 is 0 Å². The number of allylic oxidation sites excluding steroid dienone is 4. The van der Waals surface area contributed by atoms with Crippen molar-refractivity contribution in [2.45, 2.75) is 11.8 Å². The molecule has 4 unspecified atom stereocenters. The van der Waals surface area contributed by atoms with E-state index in [4.69, 9.17) is 0 Å². The van der Waals surface area contributed by atoms with Gasteiger partial charge in [0.2, 0.25) is 0 Å². The minimum atomic E-state index is 0.252. The van der Waals surface area contributed by atoms with Crippen molar-refractivity contribution in [3.05, 3.63) is 47.6 Å². The molecule has 2 N–H and O–H groups in total. The number of hydrogen-bond acceptors (Lipinski definition) is 2. The van der Waals surface area contributed by atoms with Gasteiger partial charge < -0.3 is 10.2 Å². The Bertz CT molecular complexity index is 495. The summed E-state index contributed by atoms with van der Waals surface area (Å²) in [5.41, 5.74) is 1.89. The van der Waals surface area contributed by atoms with Crippen LogP contribution in [0.3, 0.4) is 0 Å². The highest BCUT2D eigenvalue weighted by atomic mass is 16.3. The number of benzene rings is 1. The Kier molecular flexibility index (Phi) is 1.33. The van der Waals surface area contributed by atoms with E-state index in [2.05, 4.69) is 24.3 Å². The molecular formula is C14H12O2. The first kappa shape index (κ1) is 8.45. The third-order valence-electron chi connectivity index (χ3n) is 4.26. The molecule has 0 amide bonds. The molecule has 0 saturated heterocycles. The third kappa shape index (κ3) is 0.765. The highest BCUT2D eigenvalue weighted by Gasteiger charge is 2.47. The van der Waals surface area contributed by atoms with Gasteiger partial charge in [0.05, 0.1) is 0 Å². The van der Waals surface area contributed by atoms with Crippen molar-refractivity contribution in [3.8, 4) is 11.5 Å². The van der Waals surface area contributed by atoms with Crippen molar-refractivity contribution < 1.29 is 10.2 Å². The first-order valence-corrected chi connectivity index (χ1v) is 5.69. The maximum Gasteiger partial charge on any atom is 0.119 e. The quantitative estimate of drug-likeness (QED) is 0.512. The molecule has 0 saturated carbocycles. The first-order valence-electron chi connectivity index (χ1n) is 5.69. The molecule has 0 aliphatic heterocycles. The smallest absolute Gasteiger partial charge is 0.119 e. The highest BCUT2D eigenvalue weighted by Crippen LogP contribution is 2.60. The summed E-state index contributed by atoms with van der Waals surface area (Å²) in [5.74, 6) is 2.20. The van der Waals surface area contributed by atoms with Crippen LogP contribution in [0.25, 0.3) is 0 Å². The SMILES string of the molecule is Oc1ccc(O)c2c1C1C=CC2C2C=CC12. The lowest BCUT2D eigenvalue weighted by atomic mass is 9.55. The number of phenolic OH excluding ortho intramolecular Hbond substituents is 2. The van der Waals surface area contributed by atoms with Crippen molar-refractivity contribution in [1.29, 1.82) is 0 Å². The van der Waals surface area contributed by atoms with Gasteiger partial charge in [0.15, 0.2) is 0 Å². The van der Waals surface area contributed by atoms with Crippen LogP contribution in [0, 0.1) is 11.8 Å². The van der Waals surface area contributed by atoms with E-state index in [-0.39, 0.29) is 11.8 Å². The molecule has 80 valence electrons. The second-order valence-corrected chi connectivity index (χ2v) is 4.91. The molecule has 0 aromatic heterocycles.